The van der Waals surface area contributed by atoms with Crippen LogP contribution in [0.5, 0.6) is 0 Å². The Hall–Kier alpha value is -0.990. The monoisotopic (exact) mass is 335 g/mol. The summed E-state index contributed by atoms with van der Waals surface area (Å²) >= 11 is 0. The highest BCUT2D eigenvalue weighted by Gasteiger charge is 2.32. The van der Waals surface area contributed by atoms with Gasteiger partial charge in [0.1, 0.15) is 0 Å². The number of hydrogen-bond donors (Lipinski definition) is 1. The van der Waals surface area contributed by atoms with Crippen molar-refractivity contribution in [2.24, 2.45) is 0 Å². The average molecular weight is 335 g/mol. The standard InChI is InChI=1S/C13H18FNO4S2/c1-13(9-3-2-4-10-13)15-21(18,19)12-7-5-11(6-8-12)20(14,16)17/h5-8,15H,2-4,9-10H2,1H3. The lowest BCUT2D eigenvalue weighted by Gasteiger charge is -2.34. The molecule has 2 rings (SSSR count). The second-order valence-corrected chi connectivity index (χ2v) is 8.67. The van der Waals surface area contributed by atoms with Crippen LogP contribution >= 0.6 is 0 Å². The van der Waals surface area contributed by atoms with Crippen molar-refractivity contribution in [1.82, 2.24) is 4.72 Å². The van der Waals surface area contributed by atoms with Gasteiger partial charge < -0.3 is 0 Å². The molecular formula is C13H18FNO4S2. The fraction of sp³-hybridized carbons (Fsp3) is 0.538. The quantitative estimate of drug-likeness (QED) is 0.857. The molecular weight excluding hydrogens is 317 g/mol. The molecule has 21 heavy (non-hydrogen) atoms. The largest absolute Gasteiger partial charge is 0.332 e. The van der Waals surface area contributed by atoms with Crippen molar-refractivity contribution in [2.75, 3.05) is 0 Å². The Bertz CT molecular complexity index is 705. The van der Waals surface area contributed by atoms with Gasteiger partial charge >= 0.3 is 10.2 Å². The van der Waals surface area contributed by atoms with Crippen LogP contribution in [0.15, 0.2) is 34.1 Å². The lowest BCUT2D eigenvalue weighted by atomic mass is 9.84. The summed E-state index contributed by atoms with van der Waals surface area (Å²) in [6.07, 6.45) is 4.57. The zero-order chi connectivity index (χ0) is 15.7. The molecule has 0 aliphatic heterocycles. The van der Waals surface area contributed by atoms with Crippen LogP contribution in [0.4, 0.5) is 3.89 Å². The molecule has 0 spiro atoms. The van der Waals surface area contributed by atoms with Gasteiger partial charge in [0.05, 0.1) is 9.79 Å². The highest BCUT2D eigenvalue weighted by atomic mass is 32.3. The molecule has 0 bridgehead atoms. The van der Waals surface area contributed by atoms with Crippen molar-refractivity contribution in [1.29, 1.82) is 0 Å². The third-order valence-corrected chi connectivity index (χ3v) is 6.24. The van der Waals surface area contributed by atoms with E-state index in [-0.39, 0.29) is 4.90 Å². The first-order valence-corrected chi connectivity index (χ1v) is 9.58. The third-order valence-electron chi connectivity index (χ3n) is 3.75. The summed E-state index contributed by atoms with van der Waals surface area (Å²) in [7, 11) is -8.57. The Kier molecular flexibility index (Phi) is 4.41. The molecule has 1 N–H and O–H groups in total. The maximum atomic E-state index is 12.8. The van der Waals surface area contributed by atoms with Crippen LogP contribution in [-0.4, -0.2) is 22.4 Å². The summed E-state index contributed by atoms with van der Waals surface area (Å²) in [6, 6.07) is 4.10. The van der Waals surface area contributed by atoms with E-state index in [1.165, 1.54) is 0 Å². The summed E-state index contributed by atoms with van der Waals surface area (Å²) in [5.74, 6) is 0. The molecule has 118 valence electrons. The first-order chi connectivity index (χ1) is 9.62. The number of rotatable bonds is 4. The second kappa shape index (κ2) is 5.66. The Morgan fingerprint density at radius 3 is 1.90 bits per heavy atom. The fourth-order valence-corrected chi connectivity index (χ4v) is 4.53. The molecule has 0 atom stereocenters. The molecule has 1 aliphatic carbocycles. The molecule has 0 amide bonds. The van der Waals surface area contributed by atoms with Gasteiger partial charge in [-0.2, -0.15) is 8.42 Å². The van der Waals surface area contributed by atoms with Gasteiger partial charge in [-0.15, -0.1) is 3.89 Å². The SMILES string of the molecule is CC1(NS(=O)(=O)c2ccc(S(=O)(=O)F)cc2)CCCCC1. The summed E-state index contributed by atoms with van der Waals surface area (Å²) in [6.45, 7) is 1.87. The number of halogens is 1. The summed E-state index contributed by atoms with van der Waals surface area (Å²) in [4.78, 5) is -0.618. The van der Waals surface area contributed by atoms with Gasteiger partial charge in [0.2, 0.25) is 10.0 Å². The molecule has 8 heteroatoms. The van der Waals surface area contributed by atoms with E-state index in [1.807, 2.05) is 6.92 Å². The van der Waals surface area contributed by atoms with Crippen LogP contribution in [0.25, 0.3) is 0 Å². The van der Waals surface area contributed by atoms with Gasteiger partial charge in [-0.05, 0) is 44.0 Å². The minimum absolute atomic E-state index is 0.0679. The van der Waals surface area contributed by atoms with E-state index in [1.54, 1.807) is 0 Å². The van der Waals surface area contributed by atoms with E-state index < -0.39 is 30.7 Å². The third kappa shape index (κ3) is 4.02. The highest BCUT2D eigenvalue weighted by molar-refractivity contribution is 7.89. The van der Waals surface area contributed by atoms with Crippen LogP contribution < -0.4 is 4.72 Å². The molecule has 1 aliphatic rings. The predicted octanol–water partition coefficient (Wildman–Crippen LogP) is 2.35. The second-order valence-electron chi connectivity index (χ2n) is 5.64. The number of benzene rings is 1. The van der Waals surface area contributed by atoms with Gasteiger partial charge in [0.25, 0.3) is 0 Å². The molecule has 1 saturated carbocycles. The van der Waals surface area contributed by atoms with Crippen molar-refractivity contribution in [2.45, 2.75) is 54.4 Å². The van der Waals surface area contributed by atoms with Crippen LogP contribution in [0.2, 0.25) is 0 Å². The summed E-state index contributed by atoms with van der Waals surface area (Å²) < 4.78 is 61.6. The number of hydrogen-bond acceptors (Lipinski definition) is 4. The van der Waals surface area contributed by atoms with Crippen molar-refractivity contribution < 1.29 is 20.7 Å². The minimum Gasteiger partial charge on any atom is -0.207 e. The van der Waals surface area contributed by atoms with Gasteiger partial charge in [-0.3, -0.25) is 0 Å². The van der Waals surface area contributed by atoms with Gasteiger partial charge in [0.15, 0.2) is 0 Å². The van der Waals surface area contributed by atoms with Crippen molar-refractivity contribution in [3.8, 4) is 0 Å². The molecule has 5 nitrogen and oxygen atoms in total. The molecule has 0 unspecified atom stereocenters. The summed E-state index contributed by atoms with van der Waals surface area (Å²) in [5, 5.41) is 0. The van der Waals surface area contributed by atoms with Gasteiger partial charge in [0, 0.05) is 5.54 Å². The maximum absolute atomic E-state index is 12.8. The van der Waals surface area contributed by atoms with Crippen LogP contribution in [0.1, 0.15) is 39.0 Å². The van der Waals surface area contributed by atoms with Crippen molar-refractivity contribution in [3.63, 3.8) is 0 Å². The van der Waals surface area contributed by atoms with Crippen LogP contribution in [-0.2, 0) is 20.2 Å². The van der Waals surface area contributed by atoms with Crippen LogP contribution in [0.3, 0.4) is 0 Å². The summed E-state index contributed by atoms with van der Waals surface area (Å²) in [5.41, 5.74) is -0.484. The van der Waals surface area contributed by atoms with E-state index in [4.69, 9.17) is 0 Å². The van der Waals surface area contributed by atoms with E-state index in [0.717, 1.165) is 56.4 Å². The van der Waals surface area contributed by atoms with E-state index in [0.29, 0.717) is 0 Å². The molecule has 1 aromatic carbocycles. The van der Waals surface area contributed by atoms with Crippen molar-refractivity contribution in [3.05, 3.63) is 24.3 Å². The predicted molar refractivity (Wildman–Crippen MR) is 76.5 cm³/mol. The smallest absolute Gasteiger partial charge is 0.207 e. The Balaban J connectivity index is 2.23. The molecule has 1 fully saturated rings. The minimum atomic E-state index is -4.82. The molecule has 0 heterocycles. The molecule has 1 aromatic rings. The number of nitrogens with one attached hydrogen (secondary N) is 1. The van der Waals surface area contributed by atoms with Crippen molar-refractivity contribution >= 4 is 20.2 Å². The first-order valence-electron chi connectivity index (χ1n) is 6.71. The Morgan fingerprint density at radius 2 is 1.43 bits per heavy atom. The Labute approximate surface area is 124 Å². The normalized spacial score (nSPS) is 19.3. The van der Waals surface area contributed by atoms with E-state index in [2.05, 4.69) is 4.72 Å². The van der Waals surface area contributed by atoms with E-state index in [9.17, 15) is 20.7 Å². The van der Waals surface area contributed by atoms with Gasteiger partial charge in [-0.1, -0.05) is 19.3 Å². The number of sulfonamides is 1. The lowest BCUT2D eigenvalue weighted by Crippen LogP contribution is -2.47. The highest BCUT2D eigenvalue weighted by Crippen LogP contribution is 2.29. The Morgan fingerprint density at radius 1 is 0.952 bits per heavy atom. The molecule has 0 saturated heterocycles. The first kappa shape index (κ1) is 16.4. The zero-order valence-corrected chi connectivity index (χ0v) is 13.3. The van der Waals surface area contributed by atoms with E-state index >= 15 is 0 Å². The topological polar surface area (TPSA) is 80.3 Å². The molecule has 0 aromatic heterocycles. The lowest BCUT2D eigenvalue weighted by molar-refractivity contribution is 0.294. The maximum Gasteiger partial charge on any atom is 0.332 e. The van der Waals surface area contributed by atoms with Gasteiger partial charge in [-0.25, -0.2) is 13.1 Å². The zero-order valence-electron chi connectivity index (χ0n) is 11.7. The average Bonchev–Trinajstić information content (AvgIpc) is 2.37. The van der Waals surface area contributed by atoms with Crippen LogP contribution in [0, 0.1) is 0 Å². The fourth-order valence-electron chi connectivity index (χ4n) is 2.60. The molecule has 0 radical (unpaired) electrons.